The number of hydrogen-bond donors (Lipinski definition) is 1. The van der Waals surface area contributed by atoms with E-state index in [4.69, 9.17) is 0 Å². The van der Waals surface area contributed by atoms with Crippen LogP contribution in [0.4, 0.5) is 5.69 Å². The highest BCUT2D eigenvalue weighted by atomic mass is 32.2. The zero-order valence-electron chi connectivity index (χ0n) is 15.3. The van der Waals surface area contributed by atoms with Gasteiger partial charge in [-0.15, -0.1) is 0 Å². The van der Waals surface area contributed by atoms with Crippen LogP contribution in [0.3, 0.4) is 0 Å². The molecule has 28 heavy (non-hydrogen) atoms. The molecule has 1 N–H and O–H groups in total. The van der Waals surface area contributed by atoms with E-state index in [0.717, 1.165) is 37.7 Å². The molecule has 0 bridgehead atoms. The van der Waals surface area contributed by atoms with Crippen LogP contribution in [-0.4, -0.2) is 37.3 Å². The molecule has 1 aliphatic heterocycles. The Bertz CT molecular complexity index is 1100. The summed E-state index contributed by atoms with van der Waals surface area (Å²) in [5.74, 6) is -0.0464. The maximum absolute atomic E-state index is 12.8. The van der Waals surface area contributed by atoms with Crippen molar-refractivity contribution >= 4 is 32.5 Å². The highest BCUT2D eigenvalue weighted by Gasteiger charge is 2.20. The molecule has 7 heteroatoms. The molecule has 0 saturated carbocycles. The first-order valence-corrected chi connectivity index (χ1v) is 10.8. The zero-order valence-corrected chi connectivity index (χ0v) is 16.2. The van der Waals surface area contributed by atoms with Crippen molar-refractivity contribution < 1.29 is 13.2 Å². The summed E-state index contributed by atoms with van der Waals surface area (Å²) in [5, 5.41) is 0.852. The second kappa shape index (κ2) is 7.59. The number of hydrogen-bond acceptors (Lipinski definition) is 4. The average molecular weight is 395 g/mol. The summed E-state index contributed by atoms with van der Waals surface area (Å²) in [7, 11) is -3.79. The Morgan fingerprint density at radius 3 is 2.39 bits per heavy atom. The summed E-state index contributed by atoms with van der Waals surface area (Å²) in [6.45, 7) is 1.52. The van der Waals surface area contributed by atoms with Crippen LogP contribution >= 0.6 is 0 Å². The predicted octanol–water partition coefficient (Wildman–Crippen LogP) is 3.66. The second-order valence-electron chi connectivity index (χ2n) is 6.86. The molecule has 144 valence electrons. The maximum atomic E-state index is 12.8. The number of nitrogens with zero attached hydrogens (tertiary/aromatic N) is 2. The number of anilines is 1. The van der Waals surface area contributed by atoms with Crippen molar-refractivity contribution in [1.82, 2.24) is 9.88 Å². The van der Waals surface area contributed by atoms with Crippen molar-refractivity contribution in [3.8, 4) is 0 Å². The van der Waals surface area contributed by atoms with Gasteiger partial charge in [-0.1, -0.05) is 18.2 Å². The van der Waals surface area contributed by atoms with Crippen molar-refractivity contribution in [2.45, 2.75) is 24.2 Å². The Morgan fingerprint density at radius 1 is 0.929 bits per heavy atom. The third-order valence-electron chi connectivity index (χ3n) is 4.93. The molecule has 1 fully saturated rings. The Morgan fingerprint density at radius 2 is 1.64 bits per heavy atom. The number of likely N-dealkylation sites (tertiary alicyclic amines) is 1. The van der Waals surface area contributed by atoms with Crippen LogP contribution in [0.5, 0.6) is 0 Å². The number of para-hydroxylation sites is 1. The van der Waals surface area contributed by atoms with Gasteiger partial charge >= 0.3 is 0 Å². The Hall–Kier alpha value is -2.93. The van der Waals surface area contributed by atoms with Gasteiger partial charge in [0.25, 0.3) is 15.9 Å². The molecule has 1 amide bonds. The second-order valence-corrected chi connectivity index (χ2v) is 8.55. The molecular formula is C21H21N3O3S. The fourth-order valence-corrected chi connectivity index (χ4v) is 4.51. The van der Waals surface area contributed by atoms with E-state index < -0.39 is 10.0 Å². The van der Waals surface area contributed by atoms with E-state index in [-0.39, 0.29) is 10.8 Å². The molecule has 6 nitrogen and oxygen atoms in total. The first-order valence-electron chi connectivity index (χ1n) is 9.30. The van der Waals surface area contributed by atoms with E-state index in [1.54, 1.807) is 36.5 Å². The van der Waals surface area contributed by atoms with Gasteiger partial charge in [0.2, 0.25) is 0 Å². The van der Waals surface area contributed by atoms with Crippen molar-refractivity contribution in [2.24, 2.45) is 0 Å². The first-order chi connectivity index (χ1) is 13.5. The molecule has 0 unspecified atom stereocenters. The first kappa shape index (κ1) is 18.4. The zero-order chi connectivity index (χ0) is 19.6. The van der Waals surface area contributed by atoms with E-state index in [0.29, 0.717) is 16.8 Å². The minimum absolute atomic E-state index is 0.0464. The number of carbonyl (C=O) groups is 1. The lowest BCUT2D eigenvalue weighted by molar-refractivity contribution is 0.0724. The molecule has 0 aliphatic carbocycles. The van der Waals surface area contributed by atoms with Crippen LogP contribution < -0.4 is 4.72 Å². The topological polar surface area (TPSA) is 79.4 Å². The van der Waals surface area contributed by atoms with E-state index >= 15 is 0 Å². The van der Waals surface area contributed by atoms with Crippen molar-refractivity contribution in [1.29, 1.82) is 0 Å². The van der Waals surface area contributed by atoms with E-state index in [2.05, 4.69) is 9.71 Å². The summed E-state index contributed by atoms with van der Waals surface area (Å²) < 4.78 is 28.2. The number of aromatic nitrogens is 1. The van der Waals surface area contributed by atoms with Crippen molar-refractivity contribution in [3.05, 3.63) is 66.4 Å². The number of carbonyl (C=O) groups excluding carboxylic acids is 1. The number of fused-ring (bicyclic) bond motifs is 1. The summed E-state index contributed by atoms with van der Waals surface area (Å²) in [5.41, 5.74) is 1.52. The van der Waals surface area contributed by atoms with Crippen molar-refractivity contribution in [2.75, 3.05) is 17.8 Å². The highest BCUT2D eigenvalue weighted by molar-refractivity contribution is 7.92. The van der Waals surface area contributed by atoms with Gasteiger partial charge in [-0.25, -0.2) is 8.42 Å². The third-order valence-corrected chi connectivity index (χ3v) is 6.31. The fraction of sp³-hybridized carbons (Fsp3) is 0.238. The van der Waals surface area contributed by atoms with Crippen LogP contribution in [-0.2, 0) is 10.0 Å². The van der Waals surface area contributed by atoms with Gasteiger partial charge in [-0.2, -0.15) is 0 Å². The van der Waals surface area contributed by atoms with Gasteiger partial charge in [-0.3, -0.25) is 14.5 Å². The lowest BCUT2D eigenvalue weighted by Gasteiger charge is -2.26. The number of pyridine rings is 1. The summed E-state index contributed by atoms with van der Waals surface area (Å²) in [6.07, 6.45) is 4.80. The standard InChI is InChI=1S/C21H21N3O3S/c25-21(24-14-2-1-3-15-24)17-9-11-18(12-10-17)28(26,27)23-19-8-4-6-16-7-5-13-22-20(16)19/h4-13,23H,1-3,14-15H2. The molecule has 1 aromatic heterocycles. The van der Waals surface area contributed by atoms with Crippen LogP contribution in [0.2, 0.25) is 0 Å². The molecule has 0 atom stereocenters. The van der Waals surface area contributed by atoms with Gasteiger partial charge in [-0.05, 0) is 55.7 Å². The summed E-state index contributed by atoms with van der Waals surface area (Å²) >= 11 is 0. The van der Waals surface area contributed by atoms with Gasteiger partial charge in [0.05, 0.1) is 16.1 Å². The van der Waals surface area contributed by atoms with Gasteiger partial charge in [0, 0.05) is 30.2 Å². The minimum Gasteiger partial charge on any atom is -0.339 e. The Kier molecular flexibility index (Phi) is 5.00. The highest BCUT2D eigenvalue weighted by Crippen LogP contribution is 2.24. The molecular weight excluding hydrogens is 374 g/mol. The van der Waals surface area contributed by atoms with Crippen LogP contribution in [0.15, 0.2) is 65.7 Å². The SMILES string of the molecule is O=C(c1ccc(S(=O)(=O)Nc2cccc3cccnc23)cc1)N1CCCCC1. The van der Waals surface area contributed by atoms with Crippen LogP contribution in [0.1, 0.15) is 29.6 Å². The average Bonchev–Trinajstić information content (AvgIpc) is 2.74. The number of rotatable bonds is 4. The fourth-order valence-electron chi connectivity index (χ4n) is 3.45. The lowest BCUT2D eigenvalue weighted by atomic mass is 10.1. The number of piperidine rings is 1. The predicted molar refractivity (Wildman–Crippen MR) is 109 cm³/mol. The Balaban J connectivity index is 1.57. The summed E-state index contributed by atoms with van der Waals surface area (Å²) in [4.78, 5) is 18.8. The minimum atomic E-state index is -3.79. The van der Waals surface area contributed by atoms with Crippen molar-refractivity contribution in [3.63, 3.8) is 0 Å². The molecule has 0 radical (unpaired) electrons. The normalized spacial score (nSPS) is 14.8. The summed E-state index contributed by atoms with van der Waals surface area (Å²) in [6, 6.07) is 15.1. The van der Waals surface area contributed by atoms with E-state index in [1.165, 1.54) is 12.1 Å². The molecule has 1 saturated heterocycles. The molecule has 3 aromatic rings. The van der Waals surface area contributed by atoms with Crippen LogP contribution in [0.25, 0.3) is 10.9 Å². The quantitative estimate of drug-likeness (QED) is 0.731. The smallest absolute Gasteiger partial charge is 0.261 e. The van der Waals surface area contributed by atoms with E-state index in [9.17, 15) is 13.2 Å². The molecule has 2 aromatic carbocycles. The number of benzene rings is 2. The molecule has 2 heterocycles. The van der Waals surface area contributed by atoms with Crippen LogP contribution in [0, 0.1) is 0 Å². The number of nitrogens with one attached hydrogen (secondary N) is 1. The van der Waals surface area contributed by atoms with Gasteiger partial charge in [0.1, 0.15) is 0 Å². The van der Waals surface area contributed by atoms with Gasteiger partial charge in [0.15, 0.2) is 0 Å². The number of amides is 1. The lowest BCUT2D eigenvalue weighted by Crippen LogP contribution is -2.35. The molecule has 1 aliphatic rings. The molecule has 4 rings (SSSR count). The Labute approximate surface area is 164 Å². The third kappa shape index (κ3) is 3.71. The van der Waals surface area contributed by atoms with Gasteiger partial charge < -0.3 is 4.90 Å². The van der Waals surface area contributed by atoms with E-state index in [1.807, 2.05) is 17.0 Å². The number of sulfonamides is 1. The monoisotopic (exact) mass is 395 g/mol. The molecule has 0 spiro atoms. The maximum Gasteiger partial charge on any atom is 0.261 e. The largest absolute Gasteiger partial charge is 0.339 e.